The predicted octanol–water partition coefficient (Wildman–Crippen LogP) is 3.45. The third-order valence-corrected chi connectivity index (χ3v) is 7.81. The van der Waals surface area contributed by atoms with E-state index in [9.17, 15) is 0 Å². The van der Waals surface area contributed by atoms with Crippen LogP contribution in [0.2, 0.25) is 0 Å². The van der Waals surface area contributed by atoms with Gasteiger partial charge in [0.15, 0.2) is 0 Å². The van der Waals surface area contributed by atoms with Crippen LogP contribution in [0.15, 0.2) is 34.6 Å². The number of pyridine rings is 1. The molecule has 3 rings (SSSR count). The zero-order chi connectivity index (χ0) is 12.9. The zero-order valence-electron chi connectivity index (χ0n) is 9.95. The summed E-state index contributed by atoms with van der Waals surface area (Å²) in [7, 11) is 0. The summed E-state index contributed by atoms with van der Waals surface area (Å²) in [6, 6.07) is 8.23. The van der Waals surface area contributed by atoms with Gasteiger partial charge in [0.25, 0.3) is 0 Å². The number of aromatic nitrogens is 1. The molecule has 0 aromatic carbocycles. The number of aliphatic imine (C=N–C) groups is 1. The van der Waals surface area contributed by atoms with Gasteiger partial charge >= 0.3 is 5.82 Å². The normalized spacial score (nSPS) is 21.8. The Hall–Kier alpha value is -0.480. The monoisotopic (exact) mass is 310 g/mol. The predicted molar refractivity (Wildman–Crippen MR) is 83.7 cm³/mol. The molecule has 1 aliphatic rings. The molecular formula is C12H11N2PS3. The van der Waals surface area contributed by atoms with E-state index in [0.29, 0.717) is 0 Å². The van der Waals surface area contributed by atoms with Gasteiger partial charge in [-0.15, -0.1) is 11.3 Å². The molecule has 1 aliphatic heterocycles. The summed E-state index contributed by atoms with van der Waals surface area (Å²) in [6.07, 6.45) is 0. The Kier molecular flexibility index (Phi) is 2.98. The van der Waals surface area contributed by atoms with E-state index >= 15 is 0 Å². The fourth-order valence-corrected chi connectivity index (χ4v) is 7.41. The summed E-state index contributed by atoms with van der Waals surface area (Å²) in [5.74, 6) is 0.911. The van der Waals surface area contributed by atoms with Crippen LogP contribution in [0.1, 0.15) is 16.1 Å². The van der Waals surface area contributed by atoms with Crippen LogP contribution in [0.25, 0.3) is 0 Å². The number of thiophene rings is 1. The molecule has 0 saturated heterocycles. The first kappa shape index (κ1) is 12.5. The average Bonchev–Trinajstić information content (AvgIpc) is 2.83. The van der Waals surface area contributed by atoms with Crippen molar-refractivity contribution in [2.75, 3.05) is 0 Å². The van der Waals surface area contributed by atoms with Crippen LogP contribution in [0.3, 0.4) is 0 Å². The van der Waals surface area contributed by atoms with E-state index in [1.807, 2.05) is 17.5 Å². The molecule has 2 aromatic rings. The molecule has 1 atom stereocenters. The van der Waals surface area contributed by atoms with E-state index in [1.165, 1.54) is 5.56 Å². The summed E-state index contributed by atoms with van der Waals surface area (Å²) >= 11 is 13.1. The Labute approximate surface area is 121 Å². The third kappa shape index (κ3) is 1.81. The van der Waals surface area contributed by atoms with Crippen molar-refractivity contribution in [1.82, 2.24) is 0 Å². The second-order valence-electron chi connectivity index (χ2n) is 4.28. The number of aryl methyl sites for hydroxylation is 2. The zero-order valence-corrected chi connectivity index (χ0v) is 13.3. The molecule has 1 unspecified atom stereocenters. The van der Waals surface area contributed by atoms with Gasteiger partial charge in [-0.25, -0.2) is 4.34 Å². The van der Waals surface area contributed by atoms with Crippen LogP contribution >= 0.6 is 16.7 Å². The molecule has 0 bridgehead atoms. The van der Waals surface area contributed by atoms with Gasteiger partial charge in [-0.2, -0.15) is 0 Å². The largest absolute Gasteiger partial charge is 0.694 e. The Morgan fingerprint density at radius 1 is 1.39 bits per heavy atom. The minimum absolute atomic E-state index is 0.911. The molecule has 2 aromatic heterocycles. The van der Waals surface area contributed by atoms with E-state index in [2.05, 4.69) is 30.3 Å². The van der Waals surface area contributed by atoms with Crippen LogP contribution in [-0.4, -0.2) is 5.45 Å². The smallest absolute Gasteiger partial charge is 0.325 e. The maximum atomic E-state index is 5.73. The molecule has 0 saturated carbocycles. The molecule has 0 N–H and O–H groups in total. The highest BCUT2D eigenvalue weighted by atomic mass is 32.9. The highest BCUT2D eigenvalue weighted by Crippen LogP contribution is 2.50. The highest BCUT2D eigenvalue weighted by Gasteiger charge is 2.35. The van der Waals surface area contributed by atoms with Crippen molar-refractivity contribution < 1.29 is 4.34 Å². The van der Waals surface area contributed by atoms with Gasteiger partial charge in [0.05, 0.1) is 10.3 Å². The van der Waals surface area contributed by atoms with Gasteiger partial charge in [0.1, 0.15) is 5.69 Å². The van der Waals surface area contributed by atoms with Crippen molar-refractivity contribution in [3.05, 3.63) is 45.8 Å². The first-order valence-corrected chi connectivity index (χ1v) is 10.1. The van der Waals surface area contributed by atoms with E-state index in [0.717, 1.165) is 21.8 Å². The average molecular weight is 310 g/mol. The van der Waals surface area contributed by atoms with Gasteiger partial charge < -0.3 is 12.2 Å². The van der Waals surface area contributed by atoms with E-state index in [4.69, 9.17) is 29.0 Å². The number of fused-ring (bicyclic) bond motifs is 1. The Bertz CT molecular complexity index is 704. The molecule has 92 valence electrons. The standard InChI is InChI=1S/C12H11N2PS3/c1-8-6-9(2)14-11(7-8)13-12(15(14,16)17)10-4-3-5-18-10/h3-7H,1-2H3. The first-order chi connectivity index (χ1) is 8.50. The molecule has 0 amide bonds. The minimum atomic E-state index is -2.20. The quantitative estimate of drug-likeness (QED) is 0.592. The molecule has 18 heavy (non-hydrogen) atoms. The van der Waals surface area contributed by atoms with Crippen molar-refractivity contribution in [2.24, 2.45) is 4.99 Å². The van der Waals surface area contributed by atoms with Crippen LogP contribution in [-0.2, 0) is 24.1 Å². The topological polar surface area (TPSA) is 16.2 Å². The van der Waals surface area contributed by atoms with Gasteiger partial charge in [0, 0.05) is 6.07 Å². The van der Waals surface area contributed by atoms with Crippen molar-refractivity contribution in [2.45, 2.75) is 13.8 Å². The minimum Gasteiger partial charge on any atom is -0.694 e. The number of rotatable bonds is 1. The first-order valence-electron chi connectivity index (χ1n) is 5.48. The lowest BCUT2D eigenvalue weighted by Crippen LogP contribution is -2.32. The molecule has 6 heteroatoms. The maximum Gasteiger partial charge on any atom is 0.325 e. The summed E-state index contributed by atoms with van der Waals surface area (Å²) in [6.45, 7) is 4.12. The van der Waals surface area contributed by atoms with Crippen LogP contribution in [0.5, 0.6) is 0 Å². The van der Waals surface area contributed by atoms with Crippen LogP contribution < -0.4 is 4.34 Å². The maximum absolute atomic E-state index is 5.73. The Balaban J connectivity index is 2.27. The molecule has 0 radical (unpaired) electrons. The SMILES string of the molecule is Cc1cc(C)[n+]2c(c1)N=C(c1cccs1)P2(=S)[S-]. The number of hydrogen-bond acceptors (Lipinski definition) is 4. The lowest BCUT2D eigenvalue weighted by Gasteiger charge is -2.21. The molecule has 0 aliphatic carbocycles. The van der Waals surface area contributed by atoms with E-state index < -0.39 is 5.39 Å². The lowest BCUT2D eigenvalue weighted by molar-refractivity contribution is -0.497. The second-order valence-corrected chi connectivity index (χ2v) is 11.0. The number of nitrogens with zero attached hydrogens (tertiary/aromatic N) is 2. The summed E-state index contributed by atoms with van der Waals surface area (Å²) < 4.78 is 2.07. The Morgan fingerprint density at radius 3 is 2.83 bits per heavy atom. The lowest BCUT2D eigenvalue weighted by atomic mass is 10.2. The van der Waals surface area contributed by atoms with Gasteiger partial charge in [-0.1, -0.05) is 17.9 Å². The fraction of sp³-hybridized carbons (Fsp3) is 0.167. The van der Waals surface area contributed by atoms with E-state index in [-0.39, 0.29) is 0 Å². The second kappa shape index (κ2) is 4.27. The number of hydrogen-bond donors (Lipinski definition) is 0. The van der Waals surface area contributed by atoms with Crippen LogP contribution in [0.4, 0.5) is 5.82 Å². The molecule has 0 spiro atoms. The van der Waals surface area contributed by atoms with Crippen LogP contribution in [0, 0.1) is 13.8 Å². The molecule has 2 nitrogen and oxygen atoms in total. The molecule has 3 heterocycles. The van der Waals surface area contributed by atoms with Crippen molar-refractivity contribution in [1.29, 1.82) is 0 Å². The highest BCUT2D eigenvalue weighted by molar-refractivity contribution is 8.58. The van der Waals surface area contributed by atoms with Crippen molar-refractivity contribution in [3.8, 4) is 0 Å². The van der Waals surface area contributed by atoms with Gasteiger partial charge in [-0.3, -0.25) is 0 Å². The molecular weight excluding hydrogens is 299 g/mol. The summed E-state index contributed by atoms with van der Waals surface area (Å²) in [5, 5.41) is -0.160. The Morgan fingerprint density at radius 2 is 2.17 bits per heavy atom. The van der Waals surface area contributed by atoms with Crippen molar-refractivity contribution >= 4 is 52.1 Å². The van der Waals surface area contributed by atoms with E-state index in [1.54, 1.807) is 11.3 Å². The molecule has 0 fully saturated rings. The fourth-order valence-electron chi connectivity index (χ4n) is 2.17. The van der Waals surface area contributed by atoms with Crippen molar-refractivity contribution in [3.63, 3.8) is 0 Å². The third-order valence-electron chi connectivity index (χ3n) is 2.84. The summed E-state index contributed by atoms with van der Waals surface area (Å²) in [4.78, 5) is 5.81. The van der Waals surface area contributed by atoms with Gasteiger partial charge in [0.2, 0.25) is 5.45 Å². The summed E-state index contributed by atoms with van der Waals surface area (Å²) in [5.41, 5.74) is 3.22. The van der Waals surface area contributed by atoms with Gasteiger partial charge in [-0.05, 0) is 41.9 Å².